The summed E-state index contributed by atoms with van der Waals surface area (Å²) in [7, 11) is 0. The minimum Gasteiger partial charge on any atom is -0.311 e. The molecule has 0 aliphatic rings. The molecule has 0 aliphatic carbocycles. The van der Waals surface area contributed by atoms with Gasteiger partial charge in [0.15, 0.2) is 5.78 Å². The van der Waals surface area contributed by atoms with Crippen molar-refractivity contribution in [2.45, 2.75) is 13.8 Å². The van der Waals surface area contributed by atoms with E-state index in [4.69, 9.17) is 0 Å². The number of rotatable bonds is 2. The van der Waals surface area contributed by atoms with Gasteiger partial charge in [0.1, 0.15) is 11.5 Å². The highest BCUT2D eigenvalue weighted by Gasteiger charge is 2.02. The fourth-order valence-corrected chi connectivity index (χ4v) is 0.881. The summed E-state index contributed by atoms with van der Waals surface area (Å²) >= 11 is 0. The average Bonchev–Trinajstić information content (AvgIpc) is 2.03. The zero-order valence-electron chi connectivity index (χ0n) is 7.50. The lowest BCUT2D eigenvalue weighted by Gasteiger charge is -2.01. The van der Waals surface area contributed by atoms with Crippen LogP contribution >= 0.6 is 0 Å². The van der Waals surface area contributed by atoms with E-state index in [9.17, 15) is 9.59 Å². The molecule has 0 unspecified atom stereocenters. The third-order valence-electron chi connectivity index (χ3n) is 1.41. The summed E-state index contributed by atoms with van der Waals surface area (Å²) in [5, 5.41) is 2.50. The van der Waals surface area contributed by atoms with Crippen LogP contribution in [0.15, 0.2) is 18.2 Å². The number of ketones is 1. The molecule has 1 aromatic heterocycles. The molecule has 13 heavy (non-hydrogen) atoms. The molecular formula is C9H10N2O2. The fraction of sp³-hybridized carbons (Fsp3) is 0.222. The molecule has 1 aromatic rings. The second-order valence-electron chi connectivity index (χ2n) is 2.65. The number of nitrogens with zero attached hydrogens (tertiary/aromatic N) is 1. The first-order valence-corrected chi connectivity index (χ1v) is 3.85. The van der Waals surface area contributed by atoms with Crippen LogP contribution in [-0.2, 0) is 4.79 Å². The lowest BCUT2D eigenvalue weighted by atomic mass is 10.3. The Balaban J connectivity index is 2.91. The Bertz CT molecular complexity index is 347. The molecule has 0 atom stereocenters. The highest BCUT2D eigenvalue weighted by Crippen LogP contribution is 2.04. The minimum atomic E-state index is -0.201. The number of pyridine rings is 1. The number of aromatic nitrogens is 1. The van der Waals surface area contributed by atoms with E-state index >= 15 is 0 Å². The van der Waals surface area contributed by atoms with Gasteiger partial charge in [-0.15, -0.1) is 0 Å². The van der Waals surface area contributed by atoms with Gasteiger partial charge in [0.2, 0.25) is 5.91 Å². The summed E-state index contributed by atoms with van der Waals surface area (Å²) < 4.78 is 0. The third-order valence-corrected chi connectivity index (χ3v) is 1.41. The average molecular weight is 178 g/mol. The molecule has 1 N–H and O–H groups in total. The van der Waals surface area contributed by atoms with Crippen LogP contribution in [0.2, 0.25) is 0 Å². The van der Waals surface area contributed by atoms with Crippen molar-refractivity contribution >= 4 is 17.5 Å². The normalized spacial score (nSPS) is 9.38. The SMILES string of the molecule is CC(=O)Nc1cccc(C(C)=O)n1. The van der Waals surface area contributed by atoms with Crippen molar-refractivity contribution < 1.29 is 9.59 Å². The molecule has 4 heteroatoms. The smallest absolute Gasteiger partial charge is 0.222 e. The van der Waals surface area contributed by atoms with Gasteiger partial charge in [0.05, 0.1) is 0 Å². The molecule has 0 aromatic carbocycles. The van der Waals surface area contributed by atoms with Crippen LogP contribution < -0.4 is 5.32 Å². The Morgan fingerprint density at radius 2 is 2.00 bits per heavy atom. The summed E-state index contributed by atoms with van der Waals surface area (Å²) in [6.45, 7) is 2.82. The van der Waals surface area contributed by atoms with E-state index in [1.807, 2.05) is 0 Å². The van der Waals surface area contributed by atoms with Gasteiger partial charge in [-0.25, -0.2) is 4.98 Å². The number of anilines is 1. The first kappa shape index (κ1) is 9.38. The molecule has 0 aliphatic heterocycles. The van der Waals surface area contributed by atoms with Gasteiger partial charge in [0.25, 0.3) is 0 Å². The highest BCUT2D eigenvalue weighted by atomic mass is 16.1. The molecule has 0 bridgehead atoms. The second-order valence-corrected chi connectivity index (χ2v) is 2.65. The van der Waals surface area contributed by atoms with Crippen LogP contribution in [0.25, 0.3) is 0 Å². The molecule has 1 heterocycles. The summed E-state index contributed by atoms with van der Waals surface area (Å²) in [5.74, 6) is 0.0839. The number of carbonyl (C=O) groups is 2. The highest BCUT2D eigenvalue weighted by molar-refractivity contribution is 5.93. The van der Waals surface area contributed by atoms with Crippen LogP contribution in [0.3, 0.4) is 0 Å². The van der Waals surface area contributed by atoms with E-state index in [1.165, 1.54) is 13.8 Å². The van der Waals surface area contributed by atoms with Gasteiger partial charge in [-0.2, -0.15) is 0 Å². The Morgan fingerprint density at radius 1 is 1.31 bits per heavy atom. The standard InChI is InChI=1S/C9H10N2O2/c1-6(12)8-4-3-5-9(11-8)10-7(2)13/h3-5H,1-2H3,(H,10,11,13). The van der Waals surface area contributed by atoms with Crippen molar-refractivity contribution in [3.8, 4) is 0 Å². The van der Waals surface area contributed by atoms with Gasteiger partial charge >= 0.3 is 0 Å². The van der Waals surface area contributed by atoms with Crippen molar-refractivity contribution in [1.29, 1.82) is 0 Å². The topological polar surface area (TPSA) is 59.1 Å². The number of amides is 1. The van der Waals surface area contributed by atoms with Crippen LogP contribution in [-0.4, -0.2) is 16.7 Å². The Labute approximate surface area is 76.0 Å². The van der Waals surface area contributed by atoms with Crippen molar-refractivity contribution in [2.75, 3.05) is 5.32 Å². The Morgan fingerprint density at radius 3 is 2.54 bits per heavy atom. The van der Waals surface area contributed by atoms with Crippen molar-refractivity contribution in [3.63, 3.8) is 0 Å². The second kappa shape index (κ2) is 3.80. The van der Waals surface area contributed by atoms with Gasteiger partial charge < -0.3 is 5.32 Å². The zero-order valence-corrected chi connectivity index (χ0v) is 7.50. The molecular weight excluding hydrogens is 168 g/mol. The summed E-state index contributed by atoms with van der Waals surface area (Å²) in [5.41, 5.74) is 0.353. The van der Waals surface area contributed by atoms with Gasteiger partial charge in [-0.3, -0.25) is 9.59 Å². The van der Waals surface area contributed by atoms with Crippen molar-refractivity contribution in [1.82, 2.24) is 4.98 Å². The number of carbonyl (C=O) groups excluding carboxylic acids is 2. The summed E-state index contributed by atoms with van der Waals surface area (Å²) in [6, 6.07) is 4.91. The maximum absolute atomic E-state index is 10.9. The zero-order chi connectivity index (χ0) is 9.84. The van der Waals surface area contributed by atoms with E-state index in [2.05, 4.69) is 10.3 Å². The molecule has 1 rings (SSSR count). The summed E-state index contributed by atoms with van der Waals surface area (Å²) in [6.07, 6.45) is 0. The molecule has 4 nitrogen and oxygen atoms in total. The number of hydrogen-bond acceptors (Lipinski definition) is 3. The predicted molar refractivity (Wildman–Crippen MR) is 48.5 cm³/mol. The molecule has 0 saturated heterocycles. The first-order chi connectivity index (χ1) is 6.09. The molecule has 0 fully saturated rings. The van der Waals surface area contributed by atoms with Gasteiger partial charge in [0, 0.05) is 13.8 Å². The maximum atomic E-state index is 10.9. The lowest BCUT2D eigenvalue weighted by molar-refractivity contribution is -0.114. The minimum absolute atomic E-state index is 0.118. The van der Waals surface area contributed by atoms with Gasteiger partial charge in [-0.1, -0.05) is 6.07 Å². The molecule has 0 spiro atoms. The predicted octanol–water partition coefficient (Wildman–Crippen LogP) is 1.24. The number of Topliss-reactive ketones (excluding diaryl/α,β-unsaturated/α-hetero) is 1. The number of hydrogen-bond donors (Lipinski definition) is 1. The van der Waals surface area contributed by atoms with E-state index in [-0.39, 0.29) is 11.7 Å². The molecule has 0 saturated carbocycles. The maximum Gasteiger partial charge on any atom is 0.222 e. The van der Waals surface area contributed by atoms with Crippen molar-refractivity contribution in [3.05, 3.63) is 23.9 Å². The number of nitrogens with one attached hydrogen (secondary N) is 1. The van der Waals surface area contributed by atoms with E-state index in [1.54, 1.807) is 18.2 Å². The third kappa shape index (κ3) is 2.66. The molecule has 0 radical (unpaired) electrons. The van der Waals surface area contributed by atoms with E-state index in [0.717, 1.165) is 0 Å². The lowest BCUT2D eigenvalue weighted by Crippen LogP contribution is -2.09. The van der Waals surface area contributed by atoms with Crippen molar-refractivity contribution in [2.24, 2.45) is 0 Å². The largest absolute Gasteiger partial charge is 0.311 e. The Kier molecular flexibility index (Phi) is 2.74. The molecule has 68 valence electrons. The van der Waals surface area contributed by atoms with Crippen LogP contribution in [0.1, 0.15) is 24.3 Å². The molecule has 1 amide bonds. The fourth-order valence-electron chi connectivity index (χ4n) is 0.881. The first-order valence-electron chi connectivity index (χ1n) is 3.85. The monoisotopic (exact) mass is 178 g/mol. The van der Waals surface area contributed by atoms with E-state index in [0.29, 0.717) is 11.5 Å². The Hall–Kier alpha value is -1.71. The van der Waals surface area contributed by atoms with E-state index < -0.39 is 0 Å². The van der Waals surface area contributed by atoms with Crippen LogP contribution in [0.4, 0.5) is 5.82 Å². The van der Waals surface area contributed by atoms with Gasteiger partial charge in [-0.05, 0) is 12.1 Å². The van der Waals surface area contributed by atoms with Crippen LogP contribution in [0.5, 0.6) is 0 Å². The quantitative estimate of drug-likeness (QED) is 0.693. The van der Waals surface area contributed by atoms with Crippen LogP contribution in [0, 0.1) is 0 Å². The summed E-state index contributed by atoms with van der Waals surface area (Å²) in [4.78, 5) is 25.5.